The minimum Gasteiger partial charge on any atom is -0.390 e. The lowest BCUT2D eigenvalue weighted by Gasteiger charge is -2.52. The summed E-state index contributed by atoms with van der Waals surface area (Å²) in [5, 5.41) is 11.5. The van der Waals surface area contributed by atoms with Crippen LogP contribution in [0.3, 0.4) is 0 Å². The van der Waals surface area contributed by atoms with Gasteiger partial charge in [0.1, 0.15) is 6.04 Å². The zero-order chi connectivity index (χ0) is 16.3. The zero-order valence-electron chi connectivity index (χ0n) is 14.0. The molecule has 2 N–H and O–H groups in total. The second kappa shape index (κ2) is 4.95. The molecule has 3 nitrogen and oxygen atoms in total. The Bertz CT molecular complexity index is 928. The van der Waals surface area contributed by atoms with Crippen molar-refractivity contribution in [3.8, 4) is 0 Å². The number of quaternary nitrogens is 1. The molecule has 24 heavy (non-hydrogen) atoms. The van der Waals surface area contributed by atoms with Crippen molar-refractivity contribution in [2.45, 2.75) is 24.9 Å². The van der Waals surface area contributed by atoms with Gasteiger partial charge in [0.2, 0.25) is 0 Å². The second-order valence-corrected chi connectivity index (χ2v) is 7.53. The van der Waals surface area contributed by atoms with Crippen LogP contribution in [0.2, 0.25) is 0 Å². The van der Waals surface area contributed by atoms with Gasteiger partial charge in [-0.3, -0.25) is 0 Å². The van der Waals surface area contributed by atoms with Crippen LogP contribution in [-0.4, -0.2) is 40.8 Å². The highest BCUT2D eigenvalue weighted by atomic mass is 16.3. The first-order valence-electron chi connectivity index (χ1n) is 8.85. The standard InChI is InChI=1S/C21H23N2O/c1-23-11-10-14-6-2-3-7-16(14)21(23)20-18(12-15(23)13-24)17-8-4-5-9-19(17)22-20/h2-9,15,21-22,24H,10-13H2,1H3/q+1/t15-,21?,23?/m0/s1. The summed E-state index contributed by atoms with van der Waals surface area (Å²) in [5.74, 6) is 0. The molecule has 5 rings (SSSR count). The average molecular weight is 319 g/mol. The van der Waals surface area contributed by atoms with E-state index < -0.39 is 0 Å². The van der Waals surface area contributed by atoms with E-state index in [0.717, 1.165) is 23.9 Å². The van der Waals surface area contributed by atoms with E-state index in [-0.39, 0.29) is 12.6 Å². The lowest BCUT2D eigenvalue weighted by Crippen LogP contribution is -2.62. The lowest BCUT2D eigenvalue weighted by atomic mass is 9.80. The SMILES string of the molecule is C[N+]12CCc3ccccc3C1c1[nH]c3ccccc3c1C[C@H]2CO. The molecule has 3 atom stereocenters. The van der Waals surface area contributed by atoms with Crippen molar-refractivity contribution < 1.29 is 9.59 Å². The van der Waals surface area contributed by atoms with Gasteiger partial charge in [-0.15, -0.1) is 0 Å². The van der Waals surface area contributed by atoms with Gasteiger partial charge in [0.05, 0.1) is 25.9 Å². The Labute approximate surface area is 142 Å². The number of aromatic amines is 1. The molecule has 2 aromatic carbocycles. The van der Waals surface area contributed by atoms with Crippen LogP contribution in [0, 0.1) is 0 Å². The van der Waals surface area contributed by atoms with Gasteiger partial charge in [-0.2, -0.15) is 0 Å². The summed E-state index contributed by atoms with van der Waals surface area (Å²) in [6.07, 6.45) is 2.04. The number of aliphatic hydroxyl groups excluding tert-OH is 1. The molecule has 0 radical (unpaired) electrons. The number of hydrogen-bond acceptors (Lipinski definition) is 1. The van der Waals surface area contributed by atoms with Crippen molar-refractivity contribution in [3.05, 3.63) is 70.9 Å². The molecule has 1 aromatic heterocycles. The van der Waals surface area contributed by atoms with E-state index >= 15 is 0 Å². The van der Waals surface area contributed by atoms with Crippen LogP contribution in [0.15, 0.2) is 48.5 Å². The van der Waals surface area contributed by atoms with Gasteiger partial charge < -0.3 is 14.6 Å². The van der Waals surface area contributed by atoms with Crippen LogP contribution < -0.4 is 0 Å². The molecular formula is C21H23N2O+. The Kier molecular flexibility index (Phi) is 2.94. The largest absolute Gasteiger partial charge is 0.390 e. The predicted molar refractivity (Wildman–Crippen MR) is 95.9 cm³/mol. The van der Waals surface area contributed by atoms with Gasteiger partial charge in [-0.05, 0) is 17.2 Å². The maximum atomic E-state index is 10.2. The Morgan fingerprint density at radius 2 is 1.92 bits per heavy atom. The van der Waals surface area contributed by atoms with E-state index in [9.17, 15) is 5.11 Å². The first-order valence-corrected chi connectivity index (χ1v) is 8.85. The fraction of sp³-hybridized carbons (Fsp3) is 0.333. The van der Waals surface area contributed by atoms with Gasteiger partial charge in [0.25, 0.3) is 0 Å². The molecule has 2 unspecified atom stereocenters. The maximum absolute atomic E-state index is 10.2. The molecule has 0 saturated heterocycles. The predicted octanol–water partition coefficient (Wildman–Crippen LogP) is 3.18. The summed E-state index contributed by atoms with van der Waals surface area (Å²) in [7, 11) is 2.33. The highest BCUT2D eigenvalue weighted by molar-refractivity contribution is 5.85. The summed E-state index contributed by atoms with van der Waals surface area (Å²) in [6, 6.07) is 18.0. The zero-order valence-corrected chi connectivity index (χ0v) is 14.0. The van der Waals surface area contributed by atoms with Crippen molar-refractivity contribution in [1.82, 2.24) is 4.98 Å². The monoisotopic (exact) mass is 319 g/mol. The third-order valence-corrected chi connectivity index (χ3v) is 6.41. The van der Waals surface area contributed by atoms with Crippen molar-refractivity contribution in [2.75, 3.05) is 20.2 Å². The van der Waals surface area contributed by atoms with E-state index in [0.29, 0.717) is 6.04 Å². The topological polar surface area (TPSA) is 36.0 Å². The fourth-order valence-electron chi connectivity index (χ4n) is 5.05. The normalized spacial score (nSPS) is 28.2. The van der Waals surface area contributed by atoms with Crippen molar-refractivity contribution in [3.63, 3.8) is 0 Å². The van der Waals surface area contributed by atoms with Gasteiger partial charge in [0.15, 0.2) is 6.04 Å². The van der Waals surface area contributed by atoms with Crippen LogP contribution in [0.25, 0.3) is 10.9 Å². The Morgan fingerprint density at radius 3 is 2.79 bits per heavy atom. The number of para-hydroxylation sites is 1. The van der Waals surface area contributed by atoms with Gasteiger partial charge in [-0.1, -0.05) is 42.5 Å². The van der Waals surface area contributed by atoms with Crippen molar-refractivity contribution in [1.29, 1.82) is 0 Å². The molecular weight excluding hydrogens is 296 g/mol. The number of benzene rings is 2. The Hall–Kier alpha value is -2.10. The Balaban J connectivity index is 1.82. The van der Waals surface area contributed by atoms with Gasteiger partial charge >= 0.3 is 0 Å². The first kappa shape index (κ1) is 14.3. The molecule has 3 aromatic rings. The summed E-state index contributed by atoms with van der Waals surface area (Å²) >= 11 is 0. The third kappa shape index (κ3) is 1.74. The molecule has 122 valence electrons. The summed E-state index contributed by atoms with van der Waals surface area (Å²) in [5.41, 5.74) is 6.87. The number of nitrogens with zero attached hydrogens (tertiary/aromatic N) is 1. The molecule has 2 aliphatic heterocycles. The van der Waals surface area contributed by atoms with Crippen LogP contribution in [0.1, 0.15) is 28.4 Å². The molecule has 3 heteroatoms. The Morgan fingerprint density at radius 1 is 1.12 bits per heavy atom. The number of nitrogens with one attached hydrogen (secondary N) is 1. The van der Waals surface area contributed by atoms with E-state index in [1.54, 1.807) is 0 Å². The third-order valence-electron chi connectivity index (χ3n) is 6.41. The minimum atomic E-state index is 0.244. The number of aliphatic hydroxyl groups is 1. The number of aromatic nitrogens is 1. The number of H-pyrrole nitrogens is 1. The molecule has 0 amide bonds. The molecule has 0 bridgehead atoms. The lowest BCUT2D eigenvalue weighted by molar-refractivity contribution is -0.961. The smallest absolute Gasteiger partial charge is 0.156 e. The van der Waals surface area contributed by atoms with Crippen LogP contribution in [-0.2, 0) is 12.8 Å². The summed E-state index contributed by atoms with van der Waals surface area (Å²) in [4.78, 5) is 3.73. The molecule has 2 aliphatic rings. The quantitative estimate of drug-likeness (QED) is 0.664. The van der Waals surface area contributed by atoms with Crippen molar-refractivity contribution >= 4 is 10.9 Å². The van der Waals surface area contributed by atoms with E-state index in [2.05, 4.69) is 60.6 Å². The minimum absolute atomic E-state index is 0.244. The fourth-order valence-corrected chi connectivity index (χ4v) is 5.05. The molecule has 0 fully saturated rings. The van der Waals surface area contributed by atoms with E-state index in [4.69, 9.17) is 0 Å². The van der Waals surface area contributed by atoms with Gasteiger partial charge in [-0.25, -0.2) is 0 Å². The van der Waals surface area contributed by atoms with E-state index in [1.807, 2.05) is 0 Å². The number of rotatable bonds is 1. The number of hydrogen-bond donors (Lipinski definition) is 2. The summed E-state index contributed by atoms with van der Waals surface area (Å²) in [6.45, 7) is 1.33. The van der Waals surface area contributed by atoms with Crippen LogP contribution in [0.5, 0.6) is 0 Å². The van der Waals surface area contributed by atoms with Crippen LogP contribution >= 0.6 is 0 Å². The van der Waals surface area contributed by atoms with Crippen LogP contribution in [0.4, 0.5) is 0 Å². The molecule has 3 heterocycles. The highest BCUT2D eigenvalue weighted by Crippen LogP contribution is 2.47. The number of likely N-dealkylation sites (N-methyl/N-ethyl adjacent to an activating group) is 1. The van der Waals surface area contributed by atoms with Crippen molar-refractivity contribution in [2.24, 2.45) is 0 Å². The van der Waals surface area contributed by atoms with Gasteiger partial charge in [0, 0.05) is 29.3 Å². The molecule has 0 spiro atoms. The summed E-state index contributed by atoms with van der Waals surface area (Å²) < 4.78 is 0.910. The first-order chi connectivity index (χ1) is 11.7. The molecule has 0 aliphatic carbocycles. The molecule has 0 saturated carbocycles. The second-order valence-electron chi connectivity index (χ2n) is 7.53. The average Bonchev–Trinajstić information content (AvgIpc) is 2.98. The number of fused-ring (bicyclic) bond motifs is 7. The highest BCUT2D eigenvalue weighted by Gasteiger charge is 2.50. The van der Waals surface area contributed by atoms with E-state index in [1.165, 1.54) is 33.3 Å². The maximum Gasteiger partial charge on any atom is 0.156 e.